The fourth-order valence-electron chi connectivity index (χ4n) is 5.02. The minimum absolute atomic E-state index is 0.0787. The second kappa shape index (κ2) is 11.3. The van der Waals surface area contributed by atoms with Crippen LogP contribution >= 0.6 is 0 Å². The van der Waals surface area contributed by atoms with E-state index >= 15 is 0 Å². The molecule has 1 amide bonds. The lowest BCUT2D eigenvalue weighted by Gasteiger charge is -2.39. The number of hydrogen-bond acceptors (Lipinski definition) is 6. The molecule has 1 aromatic heterocycles. The number of carbonyl (C=O) groups excluding carboxylic acids is 1. The monoisotopic (exact) mass is 514 g/mol. The van der Waals surface area contributed by atoms with Crippen LogP contribution in [-0.4, -0.2) is 92.6 Å². The van der Waals surface area contributed by atoms with Crippen LogP contribution in [0.1, 0.15) is 37.9 Å². The van der Waals surface area contributed by atoms with E-state index in [0.717, 1.165) is 19.3 Å². The van der Waals surface area contributed by atoms with Gasteiger partial charge in [-0.15, -0.1) is 0 Å². The predicted octanol–water partition coefficient (Wildman–Crippen LogP) is 1.33. The molecule has 4 rings (SSSR count). The predicted molar refractivity (Wildman–Crippen MR) is 145 cm³/mol. The molecule has 13 heteroatoms. The van der Waals surface area contributed by atoms with E-state index in [-0.39, 0.29) is 28.3 Å². The molecule has 1 aliphatic carbocycles. The van der Waals surface area contributed by atoms with E-state index in [2.05, 4.69) is 31.8 Å². The molecule has 38 heavy (non-hydrogen) atoms. The topological polar surface area (TPSA) is 93.7 Å². The van der Waals surface area contributed by atoms with E-state index in [9.17, 15) is 18.4 Å². The Morgan fingerprint density at radius 3 is 2.63 bits per heavy atom. The van der Waals surface area contributed by atoms with Crippen LogP contribution in [0.15, 0.2) is 52.0 Å². The number of nitrogens with zero attached hydrogens (tertiary/aromatic N) is 4. The fraction of sp³-hybridized carbons (Fsp3) is 0.440. The molecule has 6 radical (unpaired) electrons. The zero-order chi connectivity index (χ0) is 27.6. The first-order valence-electron chi connectivity index (χ1n) is 12.4. The second-order valence-corrected chi connectivity index (χ2v) is 9.71. The molecule has 0 bridgehead atoms. The molecule has 192 valence electrons. The van der Waals surface area contributed by atoms with Crippen molar-refractivity contribution in [2.75, 3.05) is 26.2 Å². The third-order valence-electron chi connectivity index (χ3n) is 6.98. The first-order valence-corrected chi connectivity index (χ1v) is 12.4. The Kier molecular flexibility index (Phi) is 8.25. The number of benzene rings is 1. The number of rotatable bonds is 7. The molecule has 2 heterocycles. The van der Waals surface area contributed by atoms with Crippen LogP contribution in [0.4, 0.5) is 8.78 Å². The van der Waals surface area contributed by atoms with Gasteiger partial charge in [0.2, 0.25) is 5.97 Å². The smallest absolute Gasteiger partial charge is 0.268 e. The quantitative estimate of drug-likeness (QED) is 0.331. The minimum atomic E-state index is -1.96. The highest BCUT2D eigenvalue weighted by Gasteiger charge is 2.34. The average molecular weight is 514 g/mol. The van der Waals surface area contributed by atoms with Gasteiger partial charge in [-0.25, -0.2) is 14.4 Å². The maximum absolute atomic E-state index is 14.8. The van der Waals surface area contributed by atoms with Gasteiger partial charge in [-0.3, -0.25) is 14.5 Å². The number of fused-ring (bicyclic) bond motifs is 1. The molecule has 0 spiro atoms. The van der Waals surface area contributed by atoms with E-state index < -0.39 is 22.9 Å². The summed E-state index contributed by atoms with van der Waals surface area (Å²) in [5.41, 5.74) is -0.00224. The van der Waals surface area contributed by atoms with Crippen LogP contribution in [0.5, 0.6) is 0 Å². The average Bonchev–Trinajstić information content (AvgIpc) is 3.36. The van der Waals surface area contributed by atoms with Gasteiger partial charge in [-0.2, -0.15) is 4.39 Å². The summed E-state index contributed by atoms with van der Waals surface area (Å²) < 4.78 is 28.3. The number of nitrogens with one attached hydrogen (secondary N) is 2. The zero-order valence-corrected chi connectivity index (χ0v) is 21.2. The summed E-state index contributed by atoms with van der Waals surface area (Å²) in [5, 5.41) is 0.408. The largest absolute Gasteiger partial charge is 0.371 e. The first-order chi connectivity index (χ1) is 17.9. The molecule has 2 fully saturated rings. The van der Waals surface area contributed by atoms with Crippen molar-refractivity contribution in [2.45, 2.75) is 43.4 Å². The van der Waals surface area contributed by atoms with Crippen LogP contribution in [0.3, 0.4) is 0 Å². The van der Waals surface area contributed by atoms with Crippen molar-refractivity contribution >= 4 is 46.3 Å². The third kappa shape index (κ3) is 6.43. The number of halogens is 2. The van der Waals surface area contributed by atoms with Crippen molar-refractivity contribution in [2.24, 2.45) is 4.99 Å². The van der Waals surface area contributed by atoms with Gasteiger partial charge < -0.3 is 15.2 Å². The van der Waals surface area contributed by atoms with Crippen LogP contribution in [0.2, 0.25) is 0 Å². The maximum Gasteiger partial charge on any atom is 0.268 e. The van der Waals surface area contributed by atoms with E-state index in [1.54, 1.807) is 4.90 Å². The number of carbonyl (C=O) groups is 1. The molecule has 2 N–H and O–H groups in total. The van der Waals surface area contributed by atoms with Gasteiger partial charge in [0.1, 0.15) is 17.3 Å². The van der Waals surface area contributed by atoms with Gasteiger partial charge >= 0.3 is 0 Å². The highest BCUT2D eigenvalue weighted by atomic mass is 19.1. The van der Waals surface area contributed by atoms with Gasteiger partial charge in [0.05, 0.1) is 40.1 Å². The lowest BCUT2D eigenvalue weighted by atomic mass is 9.49. The Bertz CT molecular complexity index is 1350. The number of hydrogen-bond donors (Lipinski definition) is 2. The summed E-state index contributed by atoms with van der Waals surface area (Å²) in [6.07, 6.45) is 3.96. The Labute approximate surface area is 223 Å². The second-order valence-electron chi connectivity index (χ2n) is 9.71. The Morgan fingerprint density at radius 1 is 1.26 bits per heavy atom. The summed E-state index contributed by atoms with van der Waals surface area (Å²) >= 11 is 0. The van der Waals surface area contributed by atoms with Crippen molar-refractivity contribution < 1.29 is 13.6 Å². The third-order valence-corrected chi connectivity index (χ3v) is 6.98. The normalized spacial score (nSPS) is 21.6. The molecule has 8 nitrogen and oxygen atoms in total. The van der Waals surface area contributed by atoms with Gasteiger partial charge in [0.15, 0.2) is 0 Å². The fourth-order valence-corrected chi connectivity index (χ4v) is 5.02. The molecule has 1 saturated heterocycles. The van der Waals surface area contributed by atoms with E-state index in [1.165, 1.54) is 31.2 Å². The molecule has 2 aliphatic rings. The number of amides is 1. The Morgan fingerprint density at radius 2 is 1.97 bits per heavy atom. The SMILES string of the molecule is [B]C([B])([B])NC(=O)/C(=C/C)N=C(F)C(=C)N1CCN(C2CCC(c3nc4ccc(F)cc4c(=O)[nH]3)C2)CC1. The van der Waals surface area contributed by atoms with Gasteiger partial charge in [0.25, 0.3) is 11.5 Å². The van der Waals surface area contributed by atoms with E-state index in [1.807, 2.05) is 0 Å². The number of aromatic nitrogens is 2. The van der Waals surface area contributed by atoms with Crippen LogP contribution in [0, 0.1) is 5.82 Å². The molecule has 2 unspecified atom stereocenters. The van der Waals surface area contributed by atoms with Gasteiger partial charge in [-0.1, -0.05) is 17.9 Å². The molecule has 2 atom stereocenters. The standard InChI is InChI=1S/C25H27B3F2N6O2/c1-3-19(24(38)34-25(26,27)28)31-21(30)14(2)35-8-10-36(11-9-35)17-6-4-15(12-17)22-32-20-7-5-16(29)13-18(20)23(37)33-22/h3,5,7,13,15,17H,2,4,6,8-12H2,1H3,(H,34,38)(H,32,33,37)/b19-3-,31-21?. The minimum Gasteiger partial charge on any atom is -0.371 e. The summed E-state index contributed by atoms with van der Waals surface area (Å²) in [6.45, 7) is 7.80. The Balaban J connectivity index is 1.34. The van der Waals surface area contributed by atoms with Crippen LogP contribution in [-0.2, 0) is 4.79 Å². The zero-order valence-electron chi connectivity index (χ0n) is 21.2. The molecule has 1 aromatic carbocycles. The highest BCUT2D eigenvalue weighted by molar-refractivity contribution is 6.60. The van der Waals surface area contributed by atoms with Crippen molar-refractivity contribution in [3.63, 3.8) is 0 Å². The molecule has 2 aromatic rings. The molecule has 1 saturated carbocycles. The number of aromatic amines is 1. The number of piperazine rings is 1. The number of allylic oxidation sites excluding steroid dienone is 2. The molecular formula is C25H27B3F2N6O2. The maximum atomic E-state index is 14.8. The van der Waals surface area contributed by atoms with Crippen molar-refractivity contribution in [1.82, 2.24) is 25.1 Å². The summed E-state index contributed by atoms with van der Waals surface area (Å²) in [4.78, 5) is 39.9. The van der Waals surface area contributed by atoms with E-state index in [0.29, 0.717) is 43.6 Å². The van der Waals surface area contributed by atoms with Gasteiger partial charge in [-0.05, 0) is 44.4 Å². The van der Waals surface area contributed by atoms with Crippen molar-refractivity contribution in [3.8, 4) is 0 Å². The lowest BCUT2D eigenvalue weighted by molar-refractivity contribution is -0.117. The van der Waals surface area contributed by atoms with Crippen LogP contribution in [0.25, 0.3) is 10.9 Å². The lowest BCUT2D eigenvalue weighted by Crippen LogP contribution is -2.50. The summed E-state index contributed by atoms with van der Waals surface area (Å²) in [6, 6.07) is 4.32. The molecular weight excluding hydrogens is 487 g/mol. The van der Waals surface area contributed by atoms with E-state index in [4.69, 9.17) is 23.5 Å². The van der Waals surface area contributed by atoms with Crippen molar-refractivity contribution in [1.29, 1.82) is 0 Å². The van der Waals surface area contributed by atoms with Crippen LogP contribution < -0.4 is 10.9 Å². The van der Waals surface area contributed by atoms with Crippen molar-refractivity contribution in [3.05, 3.63) is 64.2 Å². The number of aliphatic imine (C=N–C) groups is 1. The molecule has 1 aliphatic heterocycles. The summed E-state index contributed by atoms with van der Waals surface area (Å²) in [5.74, 6) is -1.44. The Hall–Kier alpha value is -3.21. The first kappa shape index (κ1) is 27.8. The number of H-pyrrole nitrogens is 1. The highest BCUT2D eigenvalue weighted by Crippen LogP contribution is 2.36. The van der Waals surface area contributed by atoms with Gasteiger partial charge in [0, 0.05) is 38.1 Å². The summed E-state index contributed by atoms with van der Waals surface area (Å²) in [7, 11) is 16.1.